The summed E-state index contributed by atoms with van der Waals surface area (Å²) < 4.78 is 19.6. The molecule has 0 radical (unpaired) electrons. The lowest BCUT2D eigenvalue weighted by Crippen LogP contribution is -2.52. The number of benzene rings is 2. The van der Waals surface area contributed by atoms with Crippen molar-refractivity contribution in [3.8, 4) is 0 Å². The molecule has 34 heavy (non-hydrogen) atoms. The number of ether oxygens (including phenoxy) is 1. The number of aromatic amines is 1. The summed E-state index contributed by atoms with van der Waals surface area (Å²) >= 11 is 0. The molecular formula is C25H27FN4O4. The lowest BCUT2D eigenvalue weighted by molar-refractivity contribution is -0.127. The van der Waals surface area contributed by atoms with Crippen molar-refractivity contribution in [3.05, 3.63) is 71.7 Å². The molecule has 8 nitrogen and oxygen atoms in total. The van der Waals surface area contributed by atoms with E-state index in [1.54, 1.807) is 12.1 Å². The molecular weight excluding hydrogens is 439 g/mol. The Morgan fingerprint density at radius 1 is 1.00 bits per heavy atom. The van der Waals surface area contributed by atoms with Crippen LogP contribution in [0.15, 0.2) is 59.7 Å². The number of Topliss-reactive ketones (excluding diaryl/α,β-unsaturated/α-hetero) is 1. The number of ketones is 1. The van der Waals surface area contributed by atoms with Crippen molar-refractivity contribution in [2.75, 3.05) is 52.5 Å². The minimum atomic E-state index is -0.720. The number of aliphatic hydroxyl groups is 1. The Balaban J connectivity index is 1.43. The van der Waals surface area contributed by atoms with Crippen molar-refractivity contribution in [1.29, 1.82) is 0 Å². The Kier molecular flexibility index (Phi) is 7.66. The zero-order chi connectivity index (χ0) is 23.9. The van der Waals surface area contributed by atoms with Crippen LogP contribution in [0.2, 0.25) is 0 Å². The molecule has 0 saturated carbocycles. The van der Waals surface area contributed by atoms with Crippen LogP contribution in [0, 0.1) is 5.82 Å². The number of carbonyl (C=O) groups is 2. The first-order valence-corrected chi connectivity index (χ1v) is 11.2. The number of halogens is 1. The van der Waals surface area contributed by atoms with Crippen LogP contribution < -0.4 is 0 Å². The summed E-state index contributed by atoms with van der Waals surface area (Å²) in [6, 6.07) is 14.2. The quantitative estimate of drug-likeness (QED) is 0.174. The number of amides is 1. The van der Waals surface area contributed by atoms with Gasteiger partial charge in [0.1, 0.15) is 11.7 Å². The molecule has 3 aromatic rings. The third-order valence-electron chi connectivity index (χ3n) is 5.73. The molecule has 1 amide bonds. The van der Waals surface area contributed by atoms with E-state index < -0.39 is 17.5 Å². The summed E-state index contributed by atoms with van der Waals surface area (Å²) in [6.07, 6.45) is 1.39. The standard InChI is InChI=1S/C25H27FN4O4/c26-20-7-4-8-21-22(20)19(17-28-21)23(32)25(33)30-12-10-29(11-13-30)24(18-5-2-1-3-6-18)27-9-15-34-16-14-31/h1-8,17,28,31H,9-16H2/b27-24+. The Morgan fingerprint density at radius 2 is 1.74 bits per heavy atom. The summed E-state index contributed by atoms with van der Waals surface area (Å²) in [7, 11) is 0. The number of amidine groups is 1. The van der Waals surface area contributed by atoms with E-state index in [4.69, 9.17) is 14.8 Å². The molecule has 0 aliphatic carbocycles. The van der Waals surface area contributed by atoms with Crippen molar-refractivity contribution in [1.82, 2.24) is 14.8 Å². The molecule has 0 unspecified atom stereocenters. The van der Waals surface area contributed by atoms with Gasteiger partial charge in [0, 0.05) is 48.8 Å². The summed E-state index contributed by atoms with van der Waals surface area (Å²) in [5, 5.41) is 8.99. The van der Waals surface area contributed by atoms with E-state index in [-0.39, 0.29) is 24.2 Å². The second-order valence-corrected chi connectivity index (χ2v) is 7.88. The highest BCUT2D eigenvalue weighted by Crippen LogP contribution is 2.23. The van der Waals surface area contributed by atoms with Crippen LogP contribution in [0.3, 0.4) is 0 Å². The Hall–Kier alpha value is -3.56. The summed E-state index contributed by atoms with van der Waals surface area (Å²) in [6.45, 7) is 2.78. The van der Waals surface area contributed by atoms with E-state index in [0.29, 0.717) is 44.8 Å². The summed E-state index contributed by atoms with van der Waals surface area (Å²) in [5.74, 6) is -1.10. The van der Waals surface area contributed by atoms with Gasteiger partial charge < -0.3 is 24.6 Å². The van der Waals surface area contributed by atoms with Gasteiger partial charge in [0.25, 0.3) is 11.7 Å². The molecule has 2 heterocycles. The Labute approximate surface area is 196 Å². The molecule has 9 heteroatoms. The number of aliphatic hydroxyl groups excluding tert-OH is 1. The number of rotatable bonds is 8. The molecule has 1 fully saturated rings. The predicted molar refractivity (Wildman–Crippen MR) is 126 cm³/mol. The van der Waals surface area contributed by atoms with Crippen LogP contribution in [0.4, 0.5) is 4.39 Å². The van der Waals surface area contributed by atoms with Gasteiger partial charge in [0.05, 0.1) is 31.9 Å². The molecule has 1 saturated heterocycles. The third-order valence-corrected chi connectivity index (χ3v) is 5.73. The van der Waals surface area contributed by atoms with Crippen molar-refractivity contribution in [2.45, 2.75) is 0 Å². The largest absolute Gasteiger partial charge is 0.394 e. The number of hydrogen-bond acceptors (Lipinski definition) is 5. The van der Waals surface area contributed by atoms with Gasteiger partial charge in [-0.15, -0.1) is 0 Å². The molecule has 0 spiro atoms. The second kappa shape index (κ2) is 11.0. The average Bonchev–Trinajstić information content (AvgIpc) is 3.32. The number of fused-ring (bicyclic) bond motifs is 1. The number of piperazine rings is 1. The minimum absolute atomic E-state index is 0.0326. The van der Waals surface area contributed by atoms with Crippen LogP contribution in [0.1, 0.15) is 15.9 Å². The first kappa shape index (κ1) is 23.6. The first-order valence-electron chi connectivity index (χ1n) is 11.2. The van der Waals surface area contributed by atoms with Gasteiger partial charge in [-0.3, -0.25) is 14.6 Å². The Bertz CT molecular complexity index is 1170. The van der Waals surface area contributed by atoms with Crippen LogP contribution in [0.5, 0.6) is 0 Å². The number of carbonyl (C=O) groups excluding carboxylic acids is 2. The molecule has 1 aliphatic rings. The maximum atomic E-state index is 14.3. The van der Waals surface area contributed by atoms with E-state index in [9.17, 15) is 14.0 Å². The van der Waals surface area contributed by atoms with Gasteiger partial charge in [-0.25, -0.2) is 4.39 Å². The number of H-pyrrole nitrogens is 1. The van der Waals surface area contributed by atoms with Crippen molar-refractivity contribution in [3.63, 3.8) is 0 Å². The van der Waals surface area contributed by atoms with E-state index >= 15 is 0 Å². The number of nitrogens with zero attached hydrogens (tertiary/aromatic N) is 3. The number of aliphatic imine (C=N–C) groups is 1. The van der Waals surface area contributed by atoms with Gasteiger partial charge in [-0.1, -0.05) is 36.4 Å². The van der Waals surface area contributed by atoms with Gasteiger partial charge in [-0.05, 0) is 12.1 Å². The van der Waals surface area contributed by atoms with Gasteiger partial charge in [0.15, 0.2) is 0 Å². The van der Waals surface area contributed by atoms with E-state index in [2.05, 4.69) is 9.88 Å². The van der Waals surface area contributed by atoms with Crippen molar-refractivity contribution in [2.24, 2.45) is 4.99 Å². The number of nitrogens with one attached hydrogen (secondary N) is 1. The van der Waals surface area contributed by atoms with Gasteiger partial charge in [-0.2, -0.15) is 0 Å². The highest BCUT2D eigenvalue weighted by atomic mass is 19.1. The van der Waals surface area contributed by atoms with Gasteiger partial charge >= 0.3 is 0 Å². The predicted octanol–water partition coefficient (Wildman–Crippen LogP) is 2.09. The highest BCUT2D eigenvalue weighted by molar-refractivity contribution is 6.44. The highest BCUT2D eigenvalue weighted by Gasteiger charge is 2.30. The van der Waals surface area contributed by atoms with Crippen molar-refractivity contribution >= 4 is 28.4 Å². The molecule has 2 aromatic carbocycles. The normalized spacial score (nSPS) is 14.6. The zero-order valence-electron chi connectivity index (χ0n) is 18.7. The fourth-order valence-electron chi connectivity index (χ4n) is 4.04. The number of aromatic nitrogens is 1. The van der Waals surface area contributed by atoms with Gasteiger partial charge in [0.2, 0.25) is 0 Å². The molecule has 178 valence electrons. The fourth-order valence-corrected chi connectivity index (χ4v) is 4.04. The fraction of sp³-hybridized carbons (Fsp3) is 0.320. The van der Waals surface area contributed by atoms with Crippen LogP contribution in [0.25, 0.3) is 10.9 Å². The maximum absolute atomic E-state index is 14.3. The molecule has 1 aromatic heterocycles. The number of hydrogen-bond donors (Lipinski definition) is 2. The van der Waals surface area contributed by atoms with Crippen LogP contribution in [-0.2, 0) is 9.53 Å². The summed E-state index contributed by atoms with van der Waals surface area (Å²) in [5.41, 5.74) is 1.48. The maximum Gasteiger partial charge on any atom is 0.295 e. The minimum Gasteiger partial charge on any atom is -0.394 e. The Morgan fingerprint density at radius 3 is 2.47 bits per heavy atom. The molecule has 4 rings (SSSR count). The zero-order valence-corrected chi connectivity index (χ0v) is 18.7. The second-order valence-electron chi connectivity index (χ2n) is 7.88. The monoisotopic (exact) mass is 466 g/mol. The third kappa shape index (κ3) is 5.16. The van der Waals surface area contributed by atoms with E-state index in [1.165, 1.54) is 17.2 Å². The first-order chi connectivity index (χ1) is 16.6. The topological polar surface area (TPSA) is 98.2 Å². The smallest absolute Gasteiger partial charge is 0.295 e. The molecule has 0 atom stereocenters. The average molecular weight is 467 g/mol. The SMILES string of the molecule is O=C(C(=O)N1CCN(/C(=N/CCOCCO)c2ccccc2)CC1)c1c[nH]c2cccc(F)c12. The van der Waals surface area contributed by atoms with Crippen molar-refractivity contribution < 1.29 is 23.8 Å². The van der Waals surface area contributed by atoms with Crippen LogP contribution >= 0.6 is 0 Å². The van der Waals surface area contributed by atoms with Crippen LogP contribution in [-0.4, -0.2) is 90.0 Å². The van der Waals surface area contributed by atoms with E-state index in [1.807, 2.05) is 30.3 Å². The molecule has 0 bridgehead atoms. The summed E-state index contributed by atoms with van der Waals surface area (Å²) in [4.78, 5) is 37.0. The van der Waals surface area contributed by atoms with E-state index in [0.717, 1.165) is 11.4 Å². The molecule has 2 N–H and O–H groups in total. The molecule has 1 aliphatic heterocycles. The lowest BCUT2D eigenvalue weighted by Gasteiger charge is -2.36. The lowest BCUT2D eigenvalue weighted by atomic mass is 10.1.